The number of hydrogen-bond donors (Lipinski definition) is 1. The van der Waals surface area contributed by atoms with Crippen molar-refractivity contribution in [2.24, 2.45) is 5.73 Å². The minimum Gasteiger partial charge on any atom is -0.491 e. The fourth-order valence-corrected chi connectivity index (χ4v) is 2.36. The lowest BCUT2D eigenvalue weighted by Gasteiger charge is -2.14. The van der Waals surface area contributed by atoms with Crippen molar-refractivity contribution in [1.29, 1.82) is 0 Å². The van der Waals surface area contributed by atoms with Gasteiger partial charge in [-0.3, -0.25) is 0 Å². The summed E-state index contributed by atoms with van der Waals surface area (Å²) in [6.07, 6.45) is 1.26. The third-order valence-electron chi connectivity index (χ3n) is 2.14. The van der Waals surface area contributed by atoms with E-state index in [1.807, 2.05) is 32.0 Å². The lowest BCUT2D eigenvalue weighted by molar-refractivity contribution is 0.242. The van der Waals surface area contributed by atoms with Crippen molar-refractivity contribution in [2.45, 2.75) is 26.0 Å². The predicted molar refractivity (Wildman–Crippen MR) is 68.8 cm³/mol. The van der Waals surface area contributed by atoms with Crippen LogP contribution in [0.15, 0.2) is 24.3 Å². The van der Waals surface area contributed by atoms with Crippen LogP contribution in [0.5, 0.6) is 5.75 Å². The number of hydrogen-bond acceptors (Lipinski definition) is 4. The number of sulfone groups is 1. The maximum Gasteiger partial charge on any atom is 0.149 e. The minimum atomic E-state index is -3.07. The highest BCUT2D eigenvalue weighted by Crippen LogP contribution is 2.19. The summed E-state index contributed by atoms with van der Waals surface area (Å²) in [4.78, 5) is 0. The van der Waals surface area contributed by atoms with Crippen molar-refractivity contribution in [3.05, 3.63) is 29.8 Å². The van der Waals surface area contributed by atoms with E-state index in [1.54, 1.807) is 6.07 Å². The maximum absolute atomic E-state index is 11.2. The monoisotopic (exact) mass is 257 g/mol. The molecular formula is C12H19NO3S. The SMILES string of the molecule is CC(C)Oc1cccc(C(N)CS(C)(=O)=O)c1. The summed E-state index contributed by atoms with van der Waals surface area (Å²) in [5, 5.41) is 0. The molecule has 0 fully saturated rings. The van der Waals surface area contributed by atoms with Gasteiger partial charge in [0.15, 0.2) is 0 Å². The topological polar surface area (TPSA) is 69.4 Å². The van der Waals surface area contributed by atoms with Crippen LogP contribution in [-0.2, 0) is 9.84 Å². The second-order valence-electron chi connectivity index (χ2n) is 4.44. The Morgan fingerprint density at radius 1 is 1.35 bits per heavy atom. The van der Waals surface area contributed by atoms with Gasteiger partial charge in [-0.15, -0.1) is 0 Å². The molecule has 4 nitrogen and oxygen atoms in total. The summed E-state index contributed by atoms with van der Waals surface area (Å²) in [6, 6.07) is 6.73. The first-order valence-corrected chi connectivity index (χ1v) is 7.54. The number of nitrogens with two attached hydrogens (primary N) is 1. The zero-order valence-corrected chi connectivity index (χ0v) is 11.2. The zero-order chi connectivity index (χ0) is 13.1. The molecule has 0 spiro atoms. The molecule has 0 amide bonds. The van der Waals surface area contributed by atoms with Crippen LogP contribution in [0.25, 0.3) is 0 Å². The largest absolute Gasteiger partial charge is 0.491 e. The van der Waals surface area contributed by atoms with Gasteiger partial charge in [-0.25, -0.2) is 8.42 Å². The summed E-state index contributed by atoms with van der Waals surface area (Å²) in [5.41, 5.74) is 6.62. The number of ether oxygens (including phenoxy) is 1. The fraction of sp³-hybridized carbons (Fsp3) is 0.500. The molecule has 1 aromatic carbocycles. The van der Waals surface area contributed by atoms with E-state index in [0.717, 1.165) is 5.56 Å². The molecule has 0 saturated heterocycles. The Bertz CT molecular complexity index is 468. The van der Waals surface area contributed by atoms with Gasteiger partial charge in [0.05, 0.1) is 11.9 Å². The Balaban J connectivity index is 2.84. The fourth-order valence-electron chi connectivity index (χ4n) is 1.51. The Labute approximate surface area is 103 Å². The first-order valence-electron chi connectivity index (χ1n) is 5.48. The molecule has 0 aliphatic heterocycles. The minimum absolute atomic E-state index is 0.0574. The molecule has 0 aliphatic rings. The highest BCUT2D eigenvalue weighted by molar-refractivity contribution is 7.90. The van der Waals surface area contributed by atoms with Gasteiger partial charge in [-0.1, -0.05) is 12.1 Å². The van der Waals surface area contributed by atoms with Crippen molar-refractivity contribution in [3.63, 3.8) is 0 Å². The smallest absolute Gasteiger partial charge is 0.149 e. The normalized spacial score (nSPS) is 13.7. The van der Waals surface area contributed by atoms with Crippen molar-refractivity contribution in [3.8, 4) is 5.75 Å². The van der Waals surface area contributed by atoms with E-state index in [0.29, 0.717) is 5.75 Å². The molecule has 1 atom stereocenters. The Kier molecular flexibility index (Phi) is 4.54. The van der Waals surface area contributed by atoms with Gasteiger partial charge in [-0.05, 0) is 31.5 Å². The van der Waals surface area contributed by atoms with Crippen LogP contribution in [0.4, 0.5) is 0 Å². The molecule has 0 bridgehead atoms. The summed E-state index contributed by atoms with van der Waals surface area (Å²) in [6.45, 7) is 3.87. The van der Waals surface area contributed by atoms with E-state index in [1.165, 1.54) is 6.26 Å². The van der Waals surface area contributed by atoms with Crippen molar-refractivity contribution in [2.75, 3.05) is 12.0 Å². The lowest BCUT2D eigenvalue weighted by Crippen LogP contribution is -2.20. The van der Waals surface area contributed by atoms with E-state index < -0.39 is 15.9 Å². The first-order chi connectivity index (χ1) is 7.78. The van der Waals surface area contributed by atoms with Gasteiger partial charge in [0.25, 0.3) is 0 Å². The molecule has 5 heteroatoms. The molecule has 0 heterocycles. The first kappa shape index (κ1) is 14.0. The van der Waals surface area contributed by atoms with E-state index in [4.69, 9.17) is 10.5 Å². The number of rotatable bonds is 5. The van der Waals surface area contributed by atoms with Crippen LogP contribution in [0, 0.1) is 0 Å². The molecule has 0 saturated carbocycles. The van der Waals surface area contributed by atoms with E-state index in [9.17, 15) is 8.42 Å². The van der Waals surface area contributed by atoms with Crippen molar-refractivity contribution in [1.82, 2.24) is 0 Å². The average Bonchev–Trinajstić information content (AvgIpc) is 2.14. The van der Waals surface area contributed by atoms with Gasteiger partial charge in [0, 0.05) is 12.3 Å². The van der Waals surface area contributed by atoms with Crippen molar-refractivity contribution >= 4 is 9.84 Å². The summed E-state index contributed by atoms with van der Waals surface area (Å²) < 4.78 is 27.9. The third kappa shape index (κ3) is 5.19. The molecule has 0 aromatic heterocycles. The Hall–Kier alpha value is -1.07. The second kappa shape index (κ2) is 5.51. The molecule has 1 rings (SSSR count). The molecule has 17 heavy (non-hydrogen) atoms. The molecule has 2 N–H and O–H groups in total. The van der Waals surface area contributed by atoms with E-state index >= 15 is 0 Å². The standard InChI is InChI=1S/C12H19NO3S/c1-9(2)16-11-6-4-5-10(7-11)12(13)8-17(3,14)15/h4-7,9,12H,8,13H2,1-3H3. The molecule has 1 aromatic rings. The van der Waals surface area contributed by atoms with Crippen LogP contribution < -0.4 is 10.5 Å². The average molecular weight is 257 g/mol. The summed E-state index contributed by atoms with van der Waals surface area (Å²) in [7, 11) is -3.07. The van der Waals surface area contributed by atoms with E-state index in [-0.39, 0.29) is 11.9 Å². The van der Waals surface area contributed by atoms with Crippen molar-refractivity contribution < 1.29 is 13.2 Å². The maximum atomic E-state index is 11.2. The highest BCUT2D eigenvalue weighted by atomic mass is 32.2. The van der Waals surface area contributed by atoms with Gasteiger partial charge >= 0.3 is 0 Å². The third-order valence-corrected chi connectivity index (χ3v) is 3.10. The summed E-state index contributed by atoms with van der Waals surface area (Å²) >= 11 is 0. The molecule has 1 unspecified atom stereocenters. The quantitative estimate of drug-likeness (QED) is 0.868. The molecular weight excluding hydrogens is 238 g/mol. The highest BCUT2D eigenvalue weighted by Gasteiger charge is 2.13. The summed E-state index contributed by atoms with van der Waals surface area (Å²) in [5.74, 6) is 0.652. The van der Waals surface area contributed by atoms with Crippen LogP contribution in [0.2, 0.25) is 0 Å². The van der Waals surface area contributed by atoms with Gasteiger partial charge in [-0.2, -0.15) is 0 Å². The molecule has 0 radical (unpaired) electrons. The Morgan fingerprint density at radius 3 is 2.53 bits per heavy atom. The zero-order valence-electron chi connectivity index (χ0n) is 10.4. The van der Waals surface area contributed by atoms with E-state index in [2.05, 4.69) is 0 Å². The van der Waals surface area contributed by atoms with Crippen LogP contribution in [-0.4, -0.2) is 26.5 Å². The predicted octanol–water partition coefficient (Wildman–Crippen LogP) is 1.52. The van der Waals surface area contributed by atoms with Crippen LogP contribution in [0.3, 0.4) is 0 Å². The van der Waals surface area contributed by atoms with Gasteiger partial charge in [0.1, 0.15) is 15.6 Å². The molecule has 96 valence electrons. The van der Waals surface area contributed by atoms with Gasteiger partial charge in [0.2, 0.25) is 0 Å². The van der Waals surface area contributed by atoms with Crippen LogP contribution >= 0.6 is 0 Å². The number of benzene rings is 1. The van der Waals surface area contributed by atoms with Gasteiger partial charge < -0.3 is 10.5 Å². The lowest BCUT2D eigenvalue weighted by atomic mass is 10.1. The second-order valence-corrected chi connectivity index (χ2v) is 6.62. The van der Waals surface area contributed by atoms with Crippen LogP contribution in [0.1, 0.15) is 25.5 Å². The Morgan fingerprint density at radius 2 is 2.00 bits per heavy atom. The molecule has 0 aliphatic carbocycles.